The first-order valence-electron chi connectivity index (χ1n) is 5.48. The lowest BCUT2D eigenvalue weighted by atomic mass is 10.0. The summed E-state index contributed by atoms with van der Waals surface area (Å²) >= 11 is 3.38. The number of carbonyl (C=O) groups excluding carboxylic acids is 1. The number of halogens is 1. The van der Waals surface area contributed by atoms with Gasteiger partial charge in [0, 0.05) is 0 Å². The number of carbonyl (C=O) groups is 1. The van der Waals surface area contributed by atoms with Crippen LogP contribution in [-0.2, 0) is 4.79 Å². The van der Waals surface area contributed by atoms with Gasteiger partial charge in [0.1, 0.15) is 5.78 Å². The van der Waals surface area contributed by atoms with Gasteiger partial charge in [0.15, 0.2) is 0 Å². The van der Waals surface area contributed by atoms with E-state index in [-0.39, 0.29) is 10.6 Å². The number of hydrogen-bond acceptors (Lipinski definition) is 1. The van der Waals surface area contributed by atoms with Crippen LogP contribution in [0.4, 0.5) is 0 Å². The van der Waals surface area contributed by atoms with Gasteiger partial charge in [-0.1, -0.05) is 70.5 Å². The maximum Gasteiger partial charge on any atom is 0.147 e. The van der Waals surface area contributed by atoms with Crippen molar-refractivity contribution in [3.8, 4) is 11.1 Å². The second-order valence-electron chi connectivity index (χ2n) is 3.96. The molecule has 2 aromatic carbocycles. The summed E-state index contributed by atoms with van der Waals surface area (Å²) < 4.78 is 0. The number of rotatable bonds is 3. The SMILES string of the molecule is CC(=O)C(Br)c1ccc(-c2ccccc2)cc1. The Balaban J connectivity index is 2.28. The number of Topliss-reactive ketones (excluding diaryl/α,β-unsaturated/α-hetero) is 1. The maximum absolute atomic E-state index is 11.3. The molecule has 0 aromatic heterocycles. The molecule has 1 atom stereocenters. The van der Waals surface area contributed by atoms with Crippen molar-refractivity contribution >= 4 is 21.7 Å². The summed E-state index contributed by atoms with van der Waals surface area (Å²) in [7, 11) is 0. The molecule has 2 rings (SSSR count). The topological polar surface area (TPSA) is 17.1 Å². The summed E-state index contributed by atoms with van der Waals surface area (Å²) in [5.41, 5.74) is 3.35. The molecule has 0 spiro atoms. The van der Waals surface area contributed by atoms with Crippen LogP contribution in [0.2, 0.25) is 0 Å². The van der Waals surface area contributed by atoms with E-state index >= 15 is 0 Å². The van der Waals surface area contributed by atoms with E-state index in [0.29, 0.717) is 0 Å². The van der Waals surface area contributed by atoms with Crippen molar-refractivity contribution < 1.29 is 4.79 Å². The van der Waals surface area contributed by atoms with Gasteiger partial charge in [-0.05, 0) is 23.6 Å². The summed E-state index contributed by atoms with van der Waals surface area (Å²) in [6.45, 7) is 1.59. The minimum absolute atomic E-state index is 0.123. The Morgan fingerprint density at radius 1 is 0.941 bits per heavy atom. The highest BCUT2D eigenvalue weighted by atomic mass is 79.9. The van der Waals surface area contributed by atoms with E-state index in [0.717, 1.165) is 11.1 Å². The highest BCUT2D eigenvalue weighted by molar-refractivity contribution is 9.09. The predicted octanol–water partition coefficient (Wildman–Crippen LogP) is 4.38. The number of alkyl halides is 1. The Morgan fingerprint density at radius 3 is 2.00 bits per heavy atom. The molecule has 86 valence electrons. The molecule has 0 heterocycles. The lowest BCUT2D eigenvalue weighted by molar-refractivity contribution is -0.116. The van der Waals surface area contributed by atoms with Gasteiger partial charge in [-0.25, -0.2) is 0 Å². The van der Waals surface area contributed by atoms with Gasteiger partial charge >= 0.3 is 0 Å². The van der Waals surface area contributed by atoms with Crippen molar-refractivity contribution in [2.45, 2.75) is 11.8 Å². The third kappa shape index (κ3) is 2.83. The first-order valence-corrected chi connectivity index (χ1v) is 6.40. The lowest BCUT2D eigenvalue weighted by Crippen LogP contribution is -2.00. The second kappa shape index (κ2) is 5.28. The minimum atomic E-state index is -0.202. The van der Waals surface area contributed by atoms with Gasteiger partial charge in [0.25, 0.3) is 0 Å². The molecule has 0 aliphatic carbocycles. The van der Waals surface area contributed by atoms with Gasteiger partial charge in [-0.15, -0.1) is 0 Å². The molecule has 0 amide bonds. The average Bonchev–Trinajstić information content (AvgIpc) is 2.39. The first kappa shape index (κ1) is 12.1. The molecule has 0 saturated heterocycles. The van der Waals surface area contributed by atoms with Crippen molar-refractivity contribution in [2.24, 2.45) is 0 Å². The molecular formula is C15H13BrO. The lowest BCUT2D eigenvalue weighted by Gasteiger charge is -2.07. The van der Waals surface area contributed by atoms with Crippen molar-refractivity contribution in [3.05, 3.63) is 60.2 Å². The van der Waals surface area contributed by atoms with Gasteiger partial charge in [0.05, 0.1) is 4.83 Å². The Hall–Kier alpha value is -1.41. The third-order valence-electron chi connectivity index (χ3n) is 2.67. The highest BCUT2D eigenvalue weighted by Crippen LogP contribution is 2.26. The van der Waals surface area contributed by atoms with Gasteiger partial charge in [0.2, 0.25) is 0 Å². The number of hydrogen-bond donors (Lipinski definition) is 0. The molecule has 1 unspecified atom stereocenters. The van der Waals surface area contributed by atoms with Crippen LogP contribution in [0.15, 0.2) is 54.6 Å². The van der Waals surface area contributed by atoms with Gasteiger partial charge < -0.3 is 0 Å². The zero-order valence-electron chi connectivity index (χ0n) is 9.56. The molecule has 0 N–H and O–H groups in total. The Morgan fingerprint density at radius 2 is 1.47 bits per heavy atom. The quantitative estimate of drug-likeness (QED) is 0.766. The molecule has 0 saturated carbocycles. The Labute approximate surface area is 110 Å². The molecule has 0 fully saturated rings. The molecular weight excluding hydrogens is 276 g/mol. The van der Waals surface area contributed by atoms with Crippen LogP contribution < -0.4 is 0 Å². The average molecular weight is 289 g/mol. The van der Waals surface area contributed by atoms with Crippen LogP contribution in [0.3, 0.4) is 0 Å². The monoisotopic (exact) mass is 288 g/mol. The number of benzene rings is 2. The van der Waals surface area contributed by atoms with Crippen LogP contribution in [0.1, 0.15) is 17.3 Å². The molecule has 2 heteroatoms. The van der Waals surface area contributed by atoms with E-state index in [9.17, 15) is 4.79 Å². The Bertz CT molecular complexity index is 502. The van der Waals surface area contributed by atoms with E-state index < -0.39 is 0 Å². The molecule has 1 nitrogen and oxygen atoms in total. The van der Waals surface area contributed by atoms with Crippen LogP contribution in [-0.4, -0.2) is 5.78 Å². The minimum Gasteiger partial charge on any atom is -0.298 e. The second-order valence-corrected chi connectivity index (χ2v) is 4.88. The normalized spacial score (nSPS) is 12.1. The summed E-state index contributed by atoms with van der Waals surface area (Å²) in [4.78, 5) is 11.1. The predicted molar refractivity (Wildman–Crippen MR) is 74.2 cm³/mol. The van der Waals surface area contributed by atoms with Crippen molar-refractivity contribution in [3.63, 3.8) is 0 Å². The third-order valence-corrected chi connectivity index (χ3v) is 3.84. The van der Waals surface area contributed by atoms with Crippen molar-refractivity contribution in [1.82, 2.24) is 0 Å². The fourth-order valence-corrected chi connectivity index (χ4v) is 2.02. The molecule has 0 aliphatic heterocycles. The summed E-state index contributed by atoms with van der Waals surface area (Å²) in [5, 5.41) is 0. The van der Waals surface area contributed by atoms with Crippen molar-refractivity contribution in [1.29, 1.82) is 0 Å². The zero-order chi connectivity index (χ0) is 12.3. The van der Waals surface area contributed by atoms with Crippen LogP contribution >= 0.6 is 15.9 Å². The summed E-state index contributed by atoms with van der Waals surface area (Å²) in [6, 6.07) is 18.3. The van der Waals surface area contributed by atoms with Gasteiger partial charge in [-0.2, -0.15) is 0 Å². The van der Waals surface area contributed by atoms with Crippen LogP contribution in [0, 0.1) is 0 Å². The zero-order valence-corrected chi connectivity index (χ0v) is 11.1. The van der Waals surface area contributed by atoms with E-state index in [1.165, 1.54) is 5.56 Å². The standard InChI is InChI=1S/C15H13BrO/c1-11(17)15(16)14-9-7-13(8-10-14)12-5-3-2-4-6-12/h2-10,15H,1H3. The van der Waals surface area contributed by atoms with Crippen LogP contribution in [0.5, 0.6) is 0 Å². The largest absolute Gasteiger partial charge is 0.298 e. The molecule has 0 bridgehead atoms. The van der Waals surface area contributed by atoms with E-state index in [4.69, 9.17) is 0 Å². The first-order chi connectivity index (χ1) is 8.18. The van der Waals surface area contributed by atoms with E-state index in [1.807, 2.05) is 42.5 Å². The van der Waals surface area contributed by atoms with E-state index in [2.05, 4.69) is 28.1 Å². The fraction of sp³-hybridized carbons (Fsp3) is 0.133. The molecule has 2 aromatic rings. The molecule has 0 aliphatic rings. The number of ketones is 1. The van der Waals surface area contributed by atoms with Crippen molar-refractivity contribution in [2.75, 3.05) is 0 Å². The highest BCUT2D eigenvalue weighted by Gasteiger charge is 2.11. The maximum atomic E-state index is 11.3. The fourth-order valence-electron chi connectivity index (χ4n) is 1.71. The molecule has 17 heavy (non-hydrogen) atoms. The Kier molecular flexibility index (Phi) is 3.75. The van der Waals surface area contributed by atoms with Gasteiger partial charge in [-0.3, -0.25) is 4.79 Å². The smallest absolute Gasteiger partial charge is 0.147 e. The molecule has 0 radical (unpaired) electrons. The van der Waals surface area contributed by atoms with E-state index in [1.54, 1.807) is 6.92 Å². The summed E-state index contributed by atoms with van der Waals surface area (Å²) in [6.07, 6.45) is 0. The summed E-state index contributed by atoms with van der Waals surface area (Å²) in [5.74, 6) is 0.123. The van der Waals surface area contributed by atoms with Crippen LogP contribution in [0.25, 0.3) is 11.1 Å².